The summed E-state index contributed by atoms with van der Waals surface area (Å²) in [5, 5.41) is 0.804. The maximum Gasteiger partial charge on any atom is 0.237 e. The molecule has 0 spiro atoms. The third-order valence-electron chi connectivity index (χ3n) is 6.46. The number of hydrogen-bond acceptors (Lipinski definition) is 7. The smallest absolute Gasteiger partial charge is 0.237 e. The van der Waals surface area contributed by atoms with Crippen molar-refractivity contribution in [1.82, 2.24) is 19.8 Å². The van der Waals surface area contributed by atoms with Gasteiger partial charge in [0.15, 0.2) is 5.78 Å². The van der Waals surface area contributed by atoms with E-state index in [0.29, 0.717) is 31.9 Å². The van der Waals surface area contributed by atoms with Crippen LogP contribution in [0.4, 0.5) is 11.5 Å². The molecule has 35 heavy (non-hydrogen) atoms. The third kappa shape index (κ3) is 5.66. The lowest BCUT2D eigenvalue weighted by atomic mass is 10.0. The maximum absolute atomic E-state index is 13.0. The van der Waals surface area contributed by atoms with E-state index < -0.39 is 0 Å². The van der Waals surface area contributed by atoms with Crippen LogP contribution >= 0.6 is 0 Å². The number of hydrogen-bond donors (Lipinski definition) is 1. The first kappa shape index (κ1) is 24.3. The Balaban J connectivity index is 1.37. The fourth-order valence-electron chi connectivity index (χ4n) is 4.41. The van der Waals surface area contributed by atoms with Gasteiger partial charge in [-0.3, -0.25) is 14.5 Å². The molecule has 1 aliphatic rings. The number of anilines is 2. The zero-order chi connectivity index (χ0) is 24.9. The number of carbonyl (C=O) groups excluding carboxylic acids is 2. The Kier molecular flexibility index (Phi) is 7.41. The number of aromatic nitrogens is 2. The summed E-state index contributed by atoms with van der Waals surface area (Å²) < 4.78 is 0. The SMILES string of the molecule is CC[C@@H](C(=O)/C=C/c1ccc(N(C)C)cc1)N1CCN(Cc2ccc3c(N)ncnc3c2)C(=O)C1. The number of carbonyl (C=O) groups is 2. The molecule has 1 fully saturated rings. The molecule has 2 N–H and O–H groups in total. The van der Waals surface area contributed by atoms with E-state index in [9.17, 15) is 9.59 Å². The van der Waals surface area contributed by atoms with Crippen LogP contribution in [0, 0.1) is 0 Å². The molecule has 1 saturated heterocycles. The van der Waals surface area contributed by atoms with Gasteiger partial charge in [-0.2, -0.15) is 0 Å². The van der Waals surface area contributed by atoms with E-state index in [1.165, 1.54) is 6.33 Å². The van der Waals surface area contributed by atoms with Gasteiger partial charge in [0.2, 0.25) is 5.91 Å². The minimum Gasteiger partial charge on any atom is -0.383 e. The van der Waals surface area contributed by atoms with E-state index in [1.807, 2.05) is 84.3 Å². The molecule has 0 aliphatic carbocycles. The van der Waals surface area contributed by atoms with Crippen LogP contribution < -0.4 is 10.6 Å². The summed E-state index contributed by atoms with van der Waals surface area (Å²) >= 11 is 0. The highest BCUT2D eigenvalue weighted by Crippen LogP contribution is 2.20. The molecular weight excluding hydrogens is 440 g/mol. The average Bonchev–Trinajstić information content (AvgIpc) is 2.85. The number of amides is 1. The lowest BCUT2D eigenvalue weighted by Crippen LogP contribution is -2.54. The second-order valence-corrected chi connectivity index (χ2v) is 9.04. The van der Waals surface area contributed by atoms with Gasteiger partial charge in [-0.15, -0.1) is 0 Å². The Morgan fingerprint density at radius 2 is 1.91 bits per heavy atom. The van der Waals surface area contributed by atoms with E-state index in [-0.39, 0.29) is 24.3 Å². The van der Waals surface area contributed by atoms with E-state index in [0.717, 1.165) is 27.7 Å². The first-order valence-corrected chi connectivity index (χ1v) is 11.9. The zero-order valence-electron chi connectivity index (χ0n) is 20.5. The van der Waals surface area contributed by atoms with Gasteiger partial charge in [-0.1, -0.05) is 31.2 Å². The van der Waals surface area contributed by atoms with Gasteiger partial charge in [-0.25, -0.2) is 9.97 Å². The quantitative estimate of drug-likeness (QED) is 0.504. The minimum atomic E-state index is -0.307. The Labute approximate surface area is 206 Å². The summed E-state index contributed by atoms with van der Waals surface area (Å²) in [4.78, 5) is 40.1. The third-order valence-corrected chi connectivity index (χ3v) is 6.46. The van der Waals surface area contributed by atoms with Crippen LogP contribution in [-0.4, -0.2) is 71.2 Å². The molecule has 0 radical (unpaired) electrons. The van der Waals surface area contributed by atoms with E-state index in [1.54, 1.807) is 6.08 Å². The number of piperazine rings is 1. The van der Waals surface area contributed by atoms with Crippen molar-refractivity contribution in [2.24, 2.45) is 0 Å². The van der Waals surface area contributed by atoms with Gasteiger partial charge in [-0.05, 0) is 47.9 Å². The highest BCUT2D eigenvalue weighted by Gasteiger charge is 2.30. The highest BCUT2D eigenvalue weighted by atomic mass is 16.2. The van der Waals surface area contributed by atoms with Crippen molar-refractivity contribution in [3.63, 3.8) is 0 Å². The summed E-state index contributed by atoms with van der Waals surface area (Å²) in [6, 6.07) is 13.5. The highest BCUT2D eigenvalue weighted by molar-refractivity contribution is 5.98. The molecule has 1 aromatic heterocycles. The van der Waals surface area contributed by atoms with Crippen LogP contribution in [-0.2, 0) is 16.1 Å². The minimum absolute atomic E-state index is 0.0213. The van der Waals surface area contributed by atoms with Crippen molar-refractivity contribution in [2.45, 2.75) is 25.9 Å². The predicted molar refractivity (Wildman–Crippen MR) is 140 cm³/mol. The van der Waals surface area contributed by atoms with E-state index >= 15 is 0 Å². The average molecular weight is 473 g/mol. The van der Waals surface area contributed by atoms with Crippen molar-refractivity contribution < 1.29 is 9.59 Å². The molecule has 1 atom stereocenters. The topological polar surface area (TPSA) is 95.7 Å². The first-order valence-electron chi connectivity index (χ1n) is 11.9. The van der Waals surface area contributed by atoms with Crippen LogP contribution in [0.25, 0.3) is 17.0 Å². The van der Waals surface area contributed by atoms with Gasteiger partial charge in [0, 0.05) is 44.8 Å². The fourth-order valence-corrected chi connectivity index (χ4v) is 4.41. The molecule has 0 unspecified atom stereocenters. The van der Waals surface area contributed by atoms with E-state index in [2.05, 4.69) is 9.97 Å². The summed E-state index contributed by atoms with van der Waals surface area (Å²) in [7, 11) is 3.99. The molecule has 8 nitrogen and oxygen atoms in total. The van der Waals surface area contributed by atoms with Crippen molar-refractivity contribution in [3.05, 3.63) is 66.0 Å². The van der Waals surface area contributed by atoms with Crippen LogP contribution in [0.5, 0.6) is 0 Å². The largest absolute Gasteiger partial charge is 0.383 e. The molecule has 1 aliphatic heterocycles. The number of benzene rings is 2. The molecule has 2 aromatic carbocycles. The fraction of sp³-hybridized carbons (Fsp3) is 0.333. The molecule has 0 bridgehead atoms. The molecule has 2 heterocycles. The number of nitrogens with two attached hydrogens (primary N) is 1. The monoisotopic (exact) mass is 472 g/mol. The van der Waals surface area contributed by atoms with Crippen LogP contribution in [0.15, 0.2) is 54.9 Å². The van der Waals surface area contributed by atoms with Gasteiger partial charge >= 0.3 is 0 Å². The number of rotatable bonds is 8. The standard InChI is InChI=1S/C27H32N6O2/c1-4-24(25(34)12-8-19-5-9-21(10-6-19)31(2)3)32-13-14-33(26(35)17-32)16-20-7-11-22-23(15-20)29-18-30-27(22)28/h5-12,15,18,24H,4,13-14,16-17H2,1-3H3,(H2,28,29,30)/b12-8+/t24-/m0/s1. The predicted octanol–water partition coefficient (Wildman–Crippen LogP) is 2.98. The molecule has 4 rings (SSSR count). The Bertz CT molecular complexity index is 1240. The number of fused-ring (bicyclic) bond motifs is 1. The zero-order valence-corrected chi connectivity index (χ0v) is 20.5. The van der Waals surface area contributed by atoms with Crippen molar-refractivity contribution in [1.29, 1.82) is 0 Å². The van der Waals surface area contributed by atoms with Crippen molar-refractivity contribution >= 4 is 40.2 Å². The molecule has 0 saturated carbocycles. The van der Waals surface area contributed by atoms with Crippen LogP contribution in [0.1, 0.15) is 24.5 Å². The summed E-state index contributed by atoms with van der Waals surface area (Å²) in [5.74, 6) is 0.492. The number of nitrogens with zero attached hydrogens (tertiary/aromatic N) is 5. The molecular formula is C27H32N6O2. The number of nitrogen functional groups attached to an aromatic ring is 1. The molecule has 8 heteroatoms. The second-order valence-electron chi connectivity index (χ2n) is 9.04. The molecule has 3 aromatic rings. The van der Waals surface area contributed by atoms with Gasteiger partial charge in [0.25, 0.3) is 0 Å². The van der Waals surface area contributed by atoms with Crippen LogP contribution in [0.3, 0.4) is 0 Å². The van der Waals surface area contributed by atoms with E-state index in [4.69, 9.17) is 5.73 Å². The Hall–Kier alpha value is -3.78. The summed E-state index contributed by atoms with van der Waals surface area (Å²) in [6.45, 7) is 3.95. The Morgan fingerprint density at radius 3 is 2.60 bits per heavy atom. The summed E-state index contributed by atoms with van der Waals surface area (Å²) in [6.07, 6.45) is 5.58. The van der Waals surface area contributed by atoms with Crippen molar-refractivity contribution in [3.8, 4) is 0 Å². The lowest BCUT2D eigenvalue weighted by molar-refractivity contribution is -0.139. The Morgan fingerprint density at radius 1 is 1.14 bits per heavy atom. The van der Waals surface area contributed by atoms with Crippen molar-refractivity contribution in [2.75, 3.05) is 44.4 Å². The lowest BCUT2D eigenvalue weighted by Gasteiger charge is -2.37. The van der Waals surface area contributed by atoms with Gasteiger partial charge < -0.3 is 15.5 Å². The first-order chi connectivity index (χ1) is 16.9. The van der Waals surface area contributed by atoms with Gasteiger partial charge in [0.1, 0.15) is 12.1 Å². The second kappa shape index (κ2) is 10.7. The molecule has 1 amide bonds. The van der Waals surface area contributed by atoms with Gasteiger partial charge in [0.05, 0.1) is 18.1 Å². The summed E-state index contributed by atoms with van der Waals surface area (Å²) in [5.41, 5.74) is 9.75. The molecule has 182 valence electrons. The maximum atomic E-state index is 13.0. The number of ketones is 1. The van der Waals surface area contributed by atoms with Crippen LogP contribution in [0.2, 0.25) is 0 Å². The normalized spacial score (nSPS) is 15.6.